The Morgan fingerprint density at radius 1 is 1.30 bits per heavy atom. The quantitative estimate of drug-likeness (QED) is 0.824. The zero-order chi connectivity index (χ0) is 13.9. The van der Waals surface area contributed by atoms with Crippen LogP contribution >= 0.6 is 0 Å². The Morgan fingerprint density at radius 3 is 2.90 bits per heavy atom. The molecule has 4 heteroatoms. The van der Waals surface area contributed by atoms with Crippen LogP contribution in [0.3, 0.4) is 0 Å². The number of benzene rings is 1. The lowest BCUT2D eigenvalue weighted by Crippen LogP contribution is -2.34. The number of para-hydroxylation sites is 1. The third-order valence-corrected chi connectivity index (χ3v) is 4.17. The van der Waals surface area contributed by atoms with E-state index in [9.17, 15) is 0 Å². The molecule has 108 valence electrons. The molecule has 2 aromatic rings. The van der Waals surface area contributed by atoms with Gasteiger partial charge in [0.05, 0.1) is 0 Å². The minimum absolute atomic E-state index is 0.190. The first kappa shape index (κ1) is 13.6. The van der Waals surface area contributed by atoms with E-state index in [2.05, 4.69) is 34.6 Å². The van der Waals surface area contributed by atoms with Gasteiger partial charge >= 0.3 is 0 Å². The van der Waals surface area contributed by atoms with Crippen molar-refractivity contribution in [2.45, 2.75) is 31.6 Å². The summed E-state index contributed by atoms with van der Waals surface area (Å²) in [6.07, 6.45) is 3.34. The fourth-order valence-electron chi connectivity index (χ4n) is 3.12. The summed E-state index contributed by atoms with van der Waals surface area (Å²) in [5.41, 5.74) is 4.04. The van der Waals surface area contributed by atoms with Crippen LogP contribution in [0.5, 0.6) is 0 Å². The largest absolute Gasteiger partial charge is 0.357 e. The fraction of sp³-hybridized carbons (Fsp3) is 0.500. The number of H-pyrrole nitrogens is 1. The molecule has 0 radical (unpaired) electrons. The second-order valence-corrected chi connectivity index (χ2v) is 5.32. The number of ether oxygens (including phenoxy) is 2. The first-order valence-electron chi connectivity index (χ1n) is 7.22. The monoisotopic (exact) mass is 274 g/mol. The maximum atomic E-state index is 5.24. The molecule has 2 N–H and O–H groups in total. The van der Waals surface area contributed by atoms with Crippen molar-refractivity contribution in [3.63, 3.8) is 0 Å². The highest BCUT2D eigenvalue weighted by molar-refractivity contribution is 5.85. The molecular formula is C16H22N2O2. The highest BCUT2D eigenvalue weighted by Crippen LogP contribution is 2.34. The zero-order valence-electron chi connectivity index (χ0n) is 12.1. The van der Waals surface area contributed by atoms with Gasteiger partial charge in [0.25, 0.3) is 0 Å². The number of aromatic amines is 1. The first-order chi connectivity index (χ1) is 9.83. The number of aromatic nitrogens is 1. The summed E-state index contributed by atoms with van der Waals surface area (Å²) in [7, 11) is 3.34. The average Bonchev–Trinajstić information content (AvgIpc) is 2.88. The molecule has 1 atom stereocenters. The summed E-state index contributed by atoms with van der Waals surface area (Å²) in [5.74, 6) is 0. The van der Waals surface area contributed by atoms with Crippen LogP contribution in [0.1, 0.15) is 30.1 Å². The molecule has 0 saturated heterocycles. The predicted molar refractivity (Wildman–Crippen MR) is 79.8 cm³/mol. The lowest BCUT2D eigenvalue weighted by Gasteiger charge is -2.25. The lowest BCUT2D eigenvalue weighted by atomic mass is 9.92. The van der Waals surface area contributed by atoms with E-state index >= 15 is 0 Å². The van der Waals surface area contributed by atoms with Crippen LogP contribution in [0.4, 0.5) is 0 Å². The normalized spacial score (nSPS) is 18.6. The summed E-state index contributed by atoms with van der Waals surface area (Å²) in [4.78, 5) is 3.58. The van der Waals surface area contributed by atoms with Crippen LogP contribution in [0.2, 0.25) is 0 Å². The Morgan fingerprint density at radius 2 is 2.10 bits per heavy atom. The van der Waals surface area contributed by atoms with Crippen molar-refractivity contribution < 1.29 is 9.47 Å². The van der Waals surface area contributed by atoms with Gasteiger partial charge in [-0.2, -0.15) is 0 Å². The van der Waals surface area contributed by atoms with Gasteiger partial charge < -0.3 is 19.8 Å². The average molecular weight is 274 g/mol. The van der Waals surface area contributed by atoms with Crippen molar-refractivity contribution in [3.05, 3.63) is 35.5 Å². The molecule has 1 aliphatic rings. The van der Waals surface area contributed by atoms with Gasteiger partial charge in [-0.3, -0.25) is 0 Å². The maximum absolute atomic E-state index is 5.24. The van der Waals surface area contributed by atoms with E-state index in [-0.39, 0.29) is 6.29 Å². The molecule has 1 aromatic carbocycles. The number of nitrogens with one attached hydrogen (secondary N) is 2. The number of hydrogen-bond acceptors (Lipinski definition) is 3. The van der Waals surface area contributed by atoms with E-state index in [1.54, 1.807) is 14.2 Å². The van der Waals surface area contributed by atoms with Gasteiger partial charge in [0.2, 0.25) is 0 Å². The lowest BCUT2D eigenvalue weighted by molar-refractivity contribution is -0.100. The van der Waals surface area contributed by atoms with Crippen molar-refractivity contribution in [2.75, 3.05) is 20.8 Å². The van der Waals surface area contributed by atoms with E-state index in [1.807, 2.05) is 0 Å². The van der Waals surface area contributed by atoms with Crippen molar-refractivity contribution in [1.29, 1.82) is 0 Å². The standard InChI is InChI=1S/C16H22N2O2/c1-19-15(20-2)10-17-14-9-5-7-12-11-6-3-4-8-13(11)18-16(12)14/h3-4,6,8,14-15,17-18H,5,7,9-10H2,1-2H3. The van der Waals surface area contributed by atoms with E-state index in [4.69, 9.17) is 9.47 Å². The van der Waals surface area contributed by atoms with Gasteiger partial charge in [-0.05, 0) is 30.9 Å². The first-order valence-corrected chi connectivity index (χ1v) is 7.22. The molecule has 1 unspecified atom stereocenters. The molecule has 0 saturated carbocycles. The summed E-state index contributed by atoms with van der Waals surface area (Å²) in [6, 6.07) is 8.91. The Hall–Kier alpha value is -1.36. The summed E-state index contributed by atoms with van der Waals surface area (Å²) < 4.78 is 10.5. The number of hydrogen-bond donors (Lipinski definition) is 2. The molecule has 20 heavy (non-hydrogen) atoms. The molecule has 4 nitrogen and oxygen atoms in total. The second-order valence-electron chi connectivity index (χ2n) is 5.32. The molecule has 0 aliphatic heterocycles. The van der Waals surface area contributed by atoms with E-state index in [0.29, 0.717) is 12.6 Å². The van der Waals surface area contributed by atoms with Crippen LogP contribution in [0.15, 0.2) is 24.3 Å². The third kappa shape index (κ3) is 2.46. The topological polar surface area (TPSA) is 46.3 Å². The number of rotatable bonds is 5. The molecule has 0 fully saturated rings. The van der Waals surface area contributed by atoms with Crippen LogP contribution in [-0.2, 0) is 15.9 Å². The van der Waals surface area contributed by atoms with Gasteiger partial charge in [0, 0.05) is 43.4 Å². The number of aryl methyl sites for hydroxylation is 1. The molecule has 1 aromatic heterocycles. The molecule has 1 aliphatic carbocycles. The van der Waals surface area contributed by atoms with Gasteiger partial charge in [0.15, 0.2) is 6.29 Å². The van der Waals surface area contributed by atoms with Crippen molar-refractivity contribution >= 4 is 10.9 Å². The van der Waals surface area contributed by atoms with Crippen LogP contribution < -0.4 is 5.32 Å². The Labute approximate surface area is 119 Å². The Kier molecular flexibility index (Phi) is 4.05. The Balaban J connectivity index is 1.83. The summed E-state index contributed by atoms with van der Waals surface area (Å²) in [5, 5.41) is 4.92. The summed E-state index contributed by atoms with van der Waals surface area (Å²) >= 11 is 0. The number of methoxy groups -OCH3 is 2. The number of fused-ring (bicyclic) bond motifs is 3. The molecular weight excluding hydrogens is 252 g/mol. The third-order valence-electron chi connectivity index (χ3n) is 4.17. The predicted octanol–water partition coefficient (Wildman–Crippen LogP) is 2.75. The molecule has 3 rings (SSSR count). The molecule has 0 bridgehead atoms. The van der Waals surface area contributed by atoms with Gasteiger partial charge in [-0.15, -0.1) is 0 Å². The summed E-state index contributed by atoms with van der Waals surface area (Å²) in [6.45, 7) is 0.701. The molecule has 0 spiro atoms. The second kappa shape index (κ2) is 5.95. The van der Waals surface area contributed by atoms with E-state index < -0.39 is 0 Å². The van der Waals surface area contributed by atoms with Gasteiger partial charge in [0.1, 0.15) is 0 Å². The van der Waals surface area contributed by atoms with E-state index in [0.717, 1.165) is 12.8 Å². The highest BCUT2D eigenvalue weighted by atomic mass is 16.7. The highest BCUT2D eigenvalue weighted by Gasteiger charge is 2.24. The fourth-order valence-corrected chi connectivity index (χ4v) is 3.12. The van der Waals surface area contributed by atoms with Crippen LogP contribution in [0, 0.1) is 0 Å². The minimum atomic E-state index is -0.190. The van der Waals surface area contributed by atoms with Gasteiger partial charge in [-0.1, -0.05) is 18.2 Å². The van der Waals surface area contributed by atoms with Gasteiger partial charge in [-0.25, -0.2) is 0 Å². The zero-order valence-corrected chi connectivity index (χ0v) is 12.1. The van der Waals surface area contributed by atoms with Crippen molar-refractivity contribution in [1.82, 2.24) is 10.3 Å². The molecule has 1 heterocycles. The molecule has 0 amide bonds. The maximum Gasteiger partial charge on any atom is 0.169 e. The minimum Gasteiger partial charge on any atom is -0.357 e. The smallest absolute Gasteiger partial charge is 0.169 e. The van der Waals surface area contributed by atoms with Crippen molar-refractivity contribution in [3.8, 4) is 0 Å². The SMILES string of the molecule is COC(CNC1CCCc2c1[nH]c1ccccc21)OC. The van der Waals surface area contributed by atoms with Crippen molar-refractivity contribution in [2.24, 2.45) is 0 Å². The Bertz CT molecular complexity index is 575. The van der Waals surface area contributed by atoms with Crippen LogP contribution in [-0.4, -0.2) is 32.0 Å². The van der Waals surface area contributed by atoms with E-state index in [1.165, 1.54) is 28.6 Å². The van der Waals surface area contributed by atoms with Crippen LogP contribution in [0.25, 0.3) is 10.9 Å².